The van der Waals surface area contributed by atoms with Gasteiger partial charge in [0.05, 0.1) is 6.04 Å². The second kappa shape index (κ2) is 7.48. The SMILES string of the molecule is CC(C)C[C@H](N)C(=O)NC(=O)OCc1ccncc1. The Hall–Kier alpha value is -1.95. The first-order valence-corrected chi connectivity index (χ1v) is 6.11. The predicted octanol–water partition coefficient (Wildman–Crippen LogP) is 1.21. The third kappa shape index (κ3) is 5.96. The summed E-state index contributed by atoms with van der Waals surface area (Å²) in [7, 11) is 0. The van der Waals surface area contributed by atoms with Crippen LogP contribution in [-0.4, -0.2) is 23.0 Å². The molecule has 6 nitrogen and oxygen atoms in total. The van der Waals surface area contributed by atoms with Crippen LogP contribution in [0.2, 0.25) is 0 Å². The molecule has 0 aliphatic carbocycles. The molecule has 19 heavy (non-hydrogen) atoms. The second-order valence-corrected chi connectivity index (χ2v) is 4.66. The van der Waals surface area contributed by atoms with Gasteiger partial charge in [0.1, 0.15) is 6.61 Å². The van der Waals surface area contributed by atoms with Crippen LogP contribution in [0.1, 0.15) is 25.8 Å². The Labute approximate surface area is 112 Å². The van der Waals surface area contributed by atoms with Gasteiger partial charge in [0.25, 0.3) is 0 Å². The molecular weight excluding hydrogens is 246 g/mol. The van der Waals surface area contributed by atoms with Crippen molar-refractivity contribution < 1.29 is 14.3 Å². The number of nitrogens with one attached hydrogen (secondary N) is 1. The highest BCUT2D eigenvalue weighted by Crippen LogP contribution is 2.03. The molecule has 1 atom stereocenters. The average molecular weight is 265 g/mol. The van der Waals surface area contributed by atoms with Crippen molar-refractivity contribution in [1.82, 2.24) is 10.3 Å². The van der Waals surface area contributed by atoms with E-state index in [1.807, 2.05) is 13.8 Å². The fourth-order valence-electron chi connectivity index (χ4n) is 1.47. The summed E-state index contributed by atoms with van der Waals surface area (Å²) in [6.45, 7) is 3.99. The van der Waals surface area contributed by atoms with E-state index < -0.39 is 18.0 Å². The van der Waals surface area contributed by atoms with E-state index in [-0.39, 0.29) is 12.5 Å². The second-order valence-electron chi connectivity index (χ2n) is 4.66. The van der Waals surface area contributed by atoms with E-state index >= 15 is 0 Å². The zero-order valence-electron chi connectivity index (χ0n) is 11.1. The van der Waals surface area contributed by atoms with Gasteiger partial charge in [-0.15, -0.1) is 0 Å². The lowest BCUT2D eigenvalue weighted by molar-refractivity contribution is -0.122. The molecule has 1 aromatic rings. The first-order chi connectivity index (χ1) is 8.99. The number of amides is 2. The Kier molecular flexibility index (Phi) is 5.95. The fraction of sp³-hybridized carbons (Fsp3) is 0.462. The lowest BCUT2D eigenvalue weighted by Crippen LogP contribution is -2.44. The van der Waals surface area contributed by atoms with Crippen LogP contribution in [0.3, 0.4) is 0 Å². The lowest BCUT2D eigenvalue weighted by atomic mass is 10.0. The molecule has 0 bridgehead atoms. The molecular formula is C13H19N3O3. The maximum absolute atomic E-state index is 11.6. The van der Waals surface area contributed by atoms with Gasteiger partial charge in [-0.2, -0.15) is 0 Å². The molecule has 6 heteroatoms. The molecule has 1 heterocycles. The number of nitrogens with zero attached hydrogens (tertiary/aromatic N) is 1. The fourth-order valence-corrected chi connectivity index (χ4v) is 1.47. The third-order valence-electron chi connectivity index (χ3n) is 2.41. The van der Waals surface area contributed by atoms with E-state index in [0.29, 0.717) is 6.42 Å². The predicted molar refractivity (Wildman–Crippen MR) is 70.0 cm³/mol. The van der Waals surface area contributed by atoms with Gasteiger partial charge in [0.2, 0.25) is 5.91 Å². The summed E-state index contributed by atoms with van der Waals surface area (Å²) >= 11 is 0. The molecule has 104 valence electrons. The molecule has 0 unspecified atom stereocenters. The minimum atomic E-state index is -0.791. The zero-order chi connectivity index (χ0) is 14.3. The van der Waals surface area contributed by atoms with Crippen molar-refractivity contribution in [2.75, 3.05) is 0 Å². The smallest absolute Gasteiger partial charge is 0.414 e. The van der Waals surface area contributed by atoms with Crippen LogP contribution in [0.25, 0.3) is 0 Å². The van der Waals surface area contributed by atoms with Crippen LogP contribution in [0.4, 0.5) is 4.79 Å². The van der Waals surface area contributed by atoms with Gasteiger partial charge in [-0.05, 0) is 30.0 Å². The summed E-state index contributed by atoms with van der Waals surface area (Å²) in [6, 6.07) is 2.74. The lowest BCUT2D eigenvalue weighted by Gasteiger charge is -2.13. The van der Waals surface area contributed by atoms with Crippen LogP contribution in [0, 0.1) is 5.92 Å². The van der Waals surface area contributed by atoms with Crippen molar-refractivity contribution in [3.63, 3.8) is 0 Å². The molecule has 2 amide bonds. The molecule has 0 fully saturated rings. The van der Waals surface area contributed by atoms with E-state index in [1.54, 1.807) is 24.5 Å². The number of rotatable bonds is 5. The molecule has 0 aromatic carbocycles. The highest BCUT2D eigenvalue weighted by Gasteiger charge is 2.18. The number of nitrogens with two attached hydrogens (primary N) is 1. The Balaban J connectivity index is 2.33. The van der Waals surface area contributed by atoms with Crippen molar-refractivity contribution in [3.05, 3.63) is 30.1 Å². The van der Waals surface area contributed by atoms with Gasteiger partial charge >= 0.3 is 6.09 Å². The minimum absolute atomic E-state index is 0.0844. The molecule has 0 spiro atoms. The monoisotopic (exact) mass is 265 g/mol. The van der Waals surface area contributed by atoms with E-state index in [9.17, 15) is 9.59 Å². The summed E-state index contributed by atoms with van der Waals surface area (Å²) in [5, 5.41) is 2.11. The normalized spacial score (nSPS) is 12.0. The van der Waals surface area contributed by atoms with Crippen LogP contribution in [0.5, 0.6) is 0 Å². The average Bonchev–Trinajstić information content (AvgIpc) is 2.36. The van der Waals surface area contributed by atoms with Crippen LogP contribution < -0.4 is 11.1 Å². The maximum atomic E-state index is 11.6. The molecule has 0 radical (unpaired) electrons. The van der Waals surface area contributed by atoms with E-state index in [1.165, 1.54) is 0 Å². The van der Waals surface area contributed by atoms with E-state index in [0.717, 1.165) is 5.56 Å². The minimum Gasteiger partial charge on any atom is -0.444 e. The Morgan fingerprint density at radius 3 is 2.58 bits per heavy atom. The molecule has 1 aromatic heterocycles. The van der Waals surface area contributed by atoms with Gasteiger partial charge in [-0.1, -0.05) is 13.8 Å². The summed E-state index contributed by atoms with van der Waals surface area (Å²) in [5.74, 6) is -0.234. The van der Waals surface area contributed by atoms with Crippen molar-refractivity contribution in [2.45, 2.75) is 32.9 Å². The summed E-state index contributed by atoms with van der Waals surface area (Å²) < 4.78 is 4.90. The molecule has 3 N–H and O–H groups in total. The summed E-state index contributed by atoms with van der Waals surface area (Å²) in [5.41, 5.74) is 6.44. The number of carbonyl (C=O) groups excluding carboxylic acids is 2. The van der Waals surface area contributed by atoms with Crippen LogP contribution in [0.15, 0.2) is 24.5 Å². The highest BCUT2D eigenvalue weighted by atomic mass is 16.5. The number of imide groups is 1. The number of carbonyl (C=O) groups is 2. The molecule has 0 saturated heterocycles. The standard InChI is InChI=1S/C13H19N3O3/c1-9(2)7-11(14)12(17)16-13(18)19-8-10-3-5-15-6-4-10/h3-6,9,11H,7-8,14H2,1-2H3,(H,16,17,18)/t11-/m0/s1. The molecule has 1 rings (SSSR count). The molecule has 0 aliphatic heterocycles. The first-order valence-electron chi connectivity index (χ1n) is 6.11. The van der Waals surface area contributed by atoms with Gasteiger partial charge in [-0.3, -0.25) is 15.1 Å². The van der Waals surface area contributed by atoms with Crippen LogP contribution in [-0.2, 0) is 16.1 Å². The number of hydrogen-bond donors (Lipinski definition) is 2. The van der Waals surface area contributed by atoms with Gasteiger partial charge < -0.3 is 10.5 Å². The number of pyridine rings is 1. The molecule has 0 saturated carbocycles. The summed E-state index contributed by atoms with van der Waals surface area (Å²) in [4.78, 5) is 26.8. The van der Waals surface area contributed by atoms with Crippen LogP contribution >= 0.6 is 0 Å². The first kappa shape index (κ1) is 15.1. The van der Waals surface area contributed by atoms with Crippen molar-refractivity contribution in [2.24, 2.45) is 11.7 Å². The maximum Gasteiger partial charge on any atom is 0.414 e. The molecule has 0 aliphatic rings. The topological polar surface area (TPSA) is 94.3 Å². The number of alkyl carbamates (subject to hydrolysis) is 1. The van der Waals surface area contributed by atoms with Crippen molar-refractivity contribution in [3.8, 4) is 0 Å². The Bertz CT molecular complexity index is 420. The van der Waals surface area contributed by atoms with Crippen molar-refractivity contribution in [1.29, 1.82) is 0 Å². The zero-order valence-corrected chi connectivity index (χ0v) is 11.1. The number of hydrogen-bond acceptors (Lipinski definition) is 5. The van der Waals surface area contributed by atoms with E-state index in [4.69, 9.17) is 10.5 Å². The Morgan fingerprint density at radius 1 is 1.37 bits per heavy atom. The Morgan fingerprint density at radius 2 is 2.00 bits per heavy atom. The van der Waals surface area contributed by atoms with Gasteiger partial charge in [-0.25, -0.2) is 4.79 Å². The van der Waals surface area contributed by atoms with Gasteiger partial charge in [0.15, 0.2) is 0 Å². The highest BCUT2D eigenvalue weighted by molar-refractivity contribution is 5.94. The third-order valence-corrected chi connectivity index (χ3v) is 2.41. The van der Waals surface area contributed by atoms with E-state index in [2.05, 4.69) is 10.3 Å². The number of aromatic nitrogens is 1. The van der Waals surface area contributed by atoms with Gasteiger partial charge in [0, 0.05) is 12.4 Å². The summed E-state index contributed by atoms with van der Waals surface area (Å²) in [6.07, 6.45) is 2.92. The largest absolute Gasteiger partial charge is 0.444 e. The quantitative estimate of drug-likeness (QED) is 0.834. The number of ether oxygens (including phenoxy) is 1. The van der Waals surface area contributed by atoms with Crippen molar-refractivity contribution >= 4 is 12.0 Å².